The first-order valence-electron chi connectivity index (χ1n) is 8.90. The van der Waals surface area contributed by atoms with Gasteiger partial charge in [-0.05, 0) is 60.9 Å². The number of rotatable bonds is 4. The molecule has 28 heavy (non-hydrogen) atoms. The van der Waals surface area contributed by atoms with Crippen LogP contribution in [0.5, 0.6) is 5.75 Å². The first-order valence-corrected chi connectivity index (χ1v) is 10.7. The van der Waals surface area contributed by atoms with E-state index in [9.17, 15) is 0 Å². The Kier molecular flexibility index (Phi) is 5.96. The summed E-state index contributed by atoms with van der Waals surface area (Å²) in [4.78, 5) is 3.93. The van der Waals surface area contributed by atoms with Gasteiger partial charge in [0.05, 0.1) is 20.9 Å². The molecular formula is C19H17Cl2FIN3O2. The lowest BCUT2D eigenvalue weighted by Gasteiger charge is -2.23. The van der Waals surface area contributed by atoms with E-state index in [1.807, 2.05) is 28.7 Å². The number of hydrogen-bond donors (Lipinski definition) is 0. The Hall–Kier alpha value is -1.16. The summed E-state index contributed by atoms with van der Waals surface area (Å²) in [6.07, 6.45) is 5.22. The van der Waals surface area contributed by atoms with Crippen LogP contribution in [0, 0.1) is 9.52 Å². The van der Waals surface area contributed by atoms with Crippen molar-refractivity contribution < 1.29 is 13.9 Å². The number of fused-ring (bicyclic) bond motifs is 1. The van der Waals surface area contributed by atoms with Gasteiger partial charge in [-0.15, -0.1) is 0 Å². The Morgan fingerprint density at radius 2 is 2.04 bits per heavy atom. The van der Waals surface area contributed by atoms with Crippen LogP contribution in [0.2, 0.25) is 10.0 Å². The summed E-state index contributed by atoms with van der Waals surface area (Å²) in [5.74, 6) is -0.344. The van der Waals surface area contributed by atoms with Gasteiger partial charge in [-0.1, -0.05) is 23.2 Å². The van der Waals surface area contributed by atoms with Crippen molar-refractivity contribution in [2.45, 2.75) is 38.5 Å². The maximum Gasteiger partial charge on any atom is 0.177 e. The minimum atomic E-state index is -0.552. The molecule has 1 fully saturated rings. The Morgan fingerprint density at radius 1 is 1.29 bits per heavy atom. The van der Waals surface area contributed by atoms with Crippen LogP contribution in [-0.4, -0.2) is 21.4 Å². The van der Waals surface area contributed by atoms with Gasteiger partial charge in [0.2, 0.25) is 0 Å². The number of ether oxygens (including phenoxy) is 2. The number of pyridine rings is 1. The second-order valence-corrected chi connectivity index (χ2v) is 8.44. The van der Waals surface area contributed by atoms with E-state index in [1.54, 1.807) is 17.7 Å². The van der Waals surface area contributed by atoms with Crippen LogP contribution in [0.15, 0.2) is 24.5 Å². The van der Waals surface area contributed by atoms with Gasteiger partial charge in [-0.2, -0.15) is 5.10 Å². The highest BCUT2D eigenvalue weighted by molar-refractivity contribution is 14.1. The molecule has 3 aromatic rings. The molecule has 1 saturated heterocycles. The quantitative estimate of drug-likeness (QED) is 0.367. The molecule has 0 N–H and O–H groups in total. The predicted molar refractivity (Wildman–Crippen MR) is 115 cm³/mol. The van der Waals surface area contributed by atoms with Gasteiger partial charge in [0, 0.05) is 24.6 Å². The summed E-state index contributed by atoms with van der Waals surface area (Å²) < 4.78 is 29.3. The molecule has 1 unspecified atom stereocenters. The number of nitrogens with zero attached hydrogens (tertiary/aromatic N) is 3. The molecule has 9 heteroatoms. The van der Waals surface area contributed by atoms with Crippen LogP contribution in [0.4, 0.5) is 4.39 Å². The zero-order valence-electron chi connectivity index (χ0n) is 15.0. The zero-order chi connectivity index (χ0) is 19.8. The Labute approximate surface area is 185 Å². The molecule has 1 aromatic carbocycles. The van der Waals surface area contributed by atoms with Gasteiger partial charge < -0.3 is 9.47 Å². The standard InChI is InChI=1S/C19H17Cl2FIN3O2/c1-10(16-11(20)8-24-9-12(16)21)28-14-6-5-13-17(18(14)22)19(23)25-26(13)15-4-2-3-7-27-15/h5-6,8-10,15H,2-4,7H2,1H3/t10-,15?/m1/s1. The monoisotopic (exact) mass is 535 g/mol. The van der Waals surface area contributed by atoms with Gasteiger partial charge in [-0.3, -0.25) is 4.98 Å². The van der Waals surface area contributed by atoms with E-state index in [-0.39, 0.29) is 12.0 Å². The lowest BCUT2D eigenvalue weighted by atomic mass is 10.1. The van der Waals surface area contributed by atoms with Crippen molar-refractivity contribution in [1.29, 1.82) is 0 Å². The summed E-state index contributed by atoms with van der Waals surface area (Å²) in [5.41, 5.74) is 1.26. The van der Waals surface area contributed by atoms with Crippen LogP contribution in [0.25, 0.3) is 10.9 Å². The van der Waals surface area contributed by atoms with E-state index in [1.165, 1.54) is 12.4 Å². The molecule has 0 amide bonds. The second kappa shape index (κ2) is 8.30. The molecule has 148 valence electrons. The maximum absolute atomic E-state index is 15.3. The molecule has 0 aliphatic carbocycles. The first kappa shape index (κ1) is 20.1. The average Bonchev–Trinajstić information content (AvgIpc) is 3.02. The van der Waals surface area contributed by atoms with E-state index >= 15 is 4.39 Å². The van der Waals surface area contributed by atoms with Gasteiger partial charge in [0.1, 0.15) is 9.80 Å². The molecule has 0 radical (unpaired) electrons. The van der Waals surface area contributed by atoms with Crippen molar-refractivity contribution in [2.24, 2.45) is 0 Å². The molecule has 0 bridgehead atoms. The molecular weight excluding hydrogens is 519 g/mol. The van der Waals surface area contributed by atoms with E-state index in [0.717, 1.165) is 19.3 Å². The van der Waals surface area contributed by atoms with Crippen molar-refractivity contribution in [2.75, 3.05) is 6.61 Å². The third kappa shape index (κ3) is 3.69. The summed E-state index contributed by atoms with van der Waals surface area (Å²) in [6, 6.07) is 3.41. The van der Waals surface area contributed by atoms with Crippen molar-refractivity contribution in [3.8, 4) is 5.75 Å². The van der Waals surface area contributed by atoms with Crippen molar-refractivity contribution in [1.82, 2.24) is 14.8 Å². The van der Waals surface area contributed by atoms with E-state index in [4.69, 9.17) is 32.7 Å². The third-order valence-electron chi connectivity index (χ3n) is 4.76. The summed E-state index contributed by atoms with van der Waals surface area (Å²) in [7, 11) is 0. The second-order valence-electron chi connectivity index (χ2n) is 6.61. The minimum Gasteiger partial charge on any atom is -0.483 e. The molecule has 0 spiro atoms. The minimum absolute atomic E-state index is 0.117. The summed E-state index contributed by atoms with van der Waals surface area (Å²) in [5, 5.41) is 5.68. The van der Waals surface area contributed by atoms with Crippen LogP contribution >= 0.6 is 45.8 Å². The predicted octanol–water partition coefficient (Wildman–Crippen LogP) is 6.32. The maximum atomic E-state index is 15.3. The van der Waals surface area contributed by atoms with Crippen LogP contribution in [0.1, 0.15) is 44.1 Å². The number of aromatic nitrogens is 3. The normalized spacial score (nSPS) is 18.4. The third-order valence-corrected chi connectivity index (χ3v) is 6.12. The van der Waals surface area contributed by atoms with Crippen molar-refractivity contribution in [3.05, 3.63) is 49.7 Å². The van der Waals surface area contributed by atoms with Crippen LogP contribution < -0.4 is 4.74 Å². The van der Waals surface area contributed by atoms with Crippen LogP contribution in [-0.2, 0) is 4.74 Å². The fourth-order valence-corrected chi connectivity index (χ4v) is 4.84. The topological polar surface area (TPSA) is 49.2 Å². The average molecular weight is 536 g/mol. The number of hydrogen-bond acceptors (Lipinski definition) is 4. The number of halogens is 4. The van der Waals surface area contributed by atoms with Crippen molar-refractivity contribution in [3.63, 3.8) is 0 Å². The fraction of sp³-hybridized carbons (Fsp3) is 0.368. The highest BCUT2D eigenvalue weighted by Gasteiger charge is 2.25. The fourth-order valence-electron chi connectivity index (χ4n) is 3.42. The van der Waals surface area contributed by atoms with Crippen LogP contribution in [0.3, 0.4) is 0 Å². The Balaban J connectivity index is 1.69. The summed E-state index contributed by atoms with van der Waals surface area (Å²) >= 11 is 14.4. The van der Waals surface area contributed by atoms with E-state index in [0.29, 0.717) is 36.8 Å². The largest absolute Gasteiger partial charge is 0.483 e. The lowest BCUT2D eigenvalue weighted by Crippen LogP contribution is -2.19. The molecule has 2 aromatic heterocycles. The van der Waals surface area contributed by atoms with Gasteiger partial charge >= 0.3 is 0 Å². The molecule has 1 aliphatic rings. The van der Waals surface area contributed by atoms with E-state index < -0.39 is 11.9 Å². The number of benzene rings is 1. The molecule has 3 heterocycles. The highest BCUT2D eigenvalue weighted by Crippen LogP contribution is 2.37. The van der Waals surface area contributed by atoms with Gasteiger partial charge in [0.15, 0.2) is 17.8 Å². The molecule has 1 aliphatic heterocycles. The SMILES string of the molecule is C[C@@H](Oc1ccc2c(c(I)nn2C2CCCCO2)c1F)c1c(Cl)cncc1Cl. The highest BCUT2D eigenvalue weighted by atomic mass is 127. The van der Waals surface area contributed by atoms with Crippen molar-refractivity contribution >= 4 is 56.7 Å². The zero-order valence-corrected chi connectivity index (χ0v) is 18.6. The smallest absolute Gasteiger partial charge is 0.177 e. The Morgan fingerprint density at radius 3 is 2.71 bits per heavy atom. The van der Waals surface area contributed by atoms with E-state index in [2.05, 4.69) is 10.1 Å². The lowest BCUT2D eigenvalue weighted by molar-refractivity contribution is -0.0368. The molecule has 4 rings (SSSR count). The first-order chi connectivity index (χ1) is 13.5. The molecule has 2 atom stereocenters. The summed E-state index contributed by atoms with van der Waals surface area (Å²) in [6.45, 7) is 2.46. The Bertz CT molecular complexity index is 1000. The molecule has 5 nitrogen and oxygen atoms in total. The van der Waals surface area contributed by atoms with Gasteiger partial charge in [0.25, 0.3) is 0 Å². The van der Waals surface area contributed by atoms with Gasteiger partial charge in [-0.25, -0.2) is 9.07 Å². The molecule has 0 saturated carbocycles.